The van der Waals surface area contributed by atoms with Gasteiger partial charge < -0.3 is 13.9 Å². The van der Waals surface area contributed by atoms with Crippen LogP contribution >= 0.6 is 0 Å². The molecule has 1 atom stereocenters. The van der Waals surface area contributed by atoms with Crippen molar-refractivity contribution in [1.29, 1.82) is 0 Å². The lowest BCUT2D eigenvalue weighted by Crippen LogP contribution is -2.33. The second-order valence-electron chi connectivity index (χ2n) is 15.6. The van der Waals surface area contributed by atoms with Gasteiger partial charge >= 0.3 is 0 Å². The van der Waals surface area contributed by atoms with Crippen molar-refractivity contribution in [2.24, 2.45) is 0 Å². The molecule has 1 unspecified atom stereocenters. The Morgan fingerprint density at radius 2 is 1.07 bits per heavy atom. The fraction of sp³-hybridized carbons (Fsp3) is 0.0182. The minimum absolute atomic E-state index is 0.561. The predicted octanol–water partition coefficient (Wildman–Crippen LogP) is 14.5. The molecule has 1 aliphatic carbocycles. The molecule has 2 aliphatic rings. The normalized spacial score (nSPS) is 15.0. The van der Waals surface area contributed by atoms with Crippen LogP contribution in [0.4, 0.5) is 17.1 Å². The summed E-state index contributed by atoms with van der Waals surface area (Å²) < 4.78 is 9.03. The van der Waals surface area contributed by atoms with E-state index in [2.05, 4.69) is 210 Å². The quantitative estimate of drug-likeness (QED) is 0.179. The van der Waals surface area contributed by atoms with E-state index < -0.39 is 5.41 Å². The highest BCUT2D eigenvalue weighted by Crippen LogP contribution is 2.62. The molecule has 3 nitrogen and oxygen atoms in total. The lowest BCUT2D eigenvalue weighted by Gasteiger charge is -2.40. The third kappa shape index (κ3) is 4.07. The maximum Gasteiger partial charge on any atom is 0.137 e. The SMILES string of the molecule is c1ccc(-c2cccc(N(c3ccc4c(c3)C3(c5ccccc5-4)c4ccccc4-n4c5ccccc5c5cccc3c54)c3cccc4oc5ccccc5c34)c2)cc1. The summed E-state index contributed by atoms with van der Waals surface area (Å²) in [7, 11) is 0. The topological polar surface area (TPSA) is 21.3 Å². The molecule has 11 aromatic rings. The Hall–Kier alpha value is -7.62. The fourth-order valence-electron chi connectivity index (χ4n) is 10.5. The molecule has 0 saturated carbocycles. The van der Waals surface area contributed by atoms with E-state index in [1.165, 1.54) is 66.4 Å². The van der Waals surface area contributed by atoms with Gasteiger partial charge in [-0.05, 0) is 99.1 Å². The first kappa shape index (κ1) is 31.6. The molecule has 270 valence electrons. The molecule has 3 heterocycles. The number of aromatic nitrogens is 1. The zero-order valence-corrected chi connectivity index (χ0v) is 31.4. The Labute approximate surface area is 335 Å². The standard InChI is InChI=1S/C55H34N2O/c1-2-15-35(16-3-1)36-17-12-18-37(33-36)56(50-28-14-30-52-53(50)43-21-6-11-29-51(43)58-52)38-31-32-40-39-19-4-7-23-44(39)55(47(40)34-38)45-24-8-10-27-49(45)57-48-26-9-5-20-41(48)42-22-13-25-46(55)54(42)57/h1-34H. The number of para-hydroxylation sites is 4. The minimum atomic E-state index is -0.561. The maximum atomic E-state index is 6.52. The first-order valence-corrected chi connectivity index (χ1v) is 20.0. The predicted molar refractivity (Wildman–Crippen MR) is 239 cm³/mol. The summed E-state index contributed by atoms with van der Waals surface area (Å²) in [4.78, 5) is 2.44. The lowest BCUT2D eigenvalue weighted by atomic mass is 9.65. The van der Waals surface area contributed by atoms with E-state index in [1.807, 2.05) is 6.07 Å². The van der Waals surface area contributed by atoms with Crippen molar-refractivity contribution < 1.29 is 4.42 Å². The Morgan fingerprint density at radius 1 is 0.414 bits per heavy atom. The molecule has 0 N–H and O–H groups in total. The number of nitrogens with zero attached hydrogens (tertiary/aromatic N) is 2. The molecule has 0 bridgehead atoms. The average molecular weight is 739 g/mol. The lowest BCUT2D eigenvalue weighted by molar-refractivity contribution is 0.669. The van der Waals surface area contributed by atoms with Crippen molar-refractivity contribution in [3.8, 4) is 27.9 Å². The van der Waals surface area contributed by atoms with E-state index >= 15 is 0 Å². The minimum Gasteiger partial charge on any atom is -0.456 e. The Morgan fingerprint density at radius 3 is 2.00 bits per heavy atom. The van der Waals surface area contributed by atoms with Crippen LogP contribution in [0.15, 0.2) is 211 Å². The van der Waals surface area contributed by atoms with Gasteiger partial charge in [-0.25, -0.2) is 0 Å². The third-order valence-corrected chi connectivity index (χ3v) is 12.8. The van der Waals surface area contributed by atoms with Crippen molar-refractivity contribution in [1.82, 2.24) is 4.57 Å². The van der Waals surface area contributed by atoms with Gasteiger partial charge in [-0.3, -0.25) is 0 Å². The number of benzene rings is 9. The first-order valence-electron chi connectivity index (χ1n) is 20.0. The van der Waals surface area contributed by atoms with Gasteiger partial charge in [0.15, 0.2) is 0 Å². The van der Waals surface area contributed by atoms with Crippen molar-refractivity contribution in [3.63, 3.8) is 0 Å². The summed E-state index contributed by atoms with van der Waals surface area (Å²) in [6.45, 7) is 0. The van der Waals surface area contributed by atoms with Crippen LogP contribution in [0.2, 0.25) is 0 Å². The van der Waals surface area contributed by atoms with Gasteiger partial charge in [0.1, 0.15) is 11.2 Å². The van der Waals surface area contributed by atoms with Crippen LogP contribution in [0.3, 0.4) is 0 Å². The molecule has 13 rings (SSSR count). The van der Waals surface area contributed by atoms with E-state index in [9.17, 15) is 0 Å². The number of hydrogen-bond donors (Lipinski definition) is 0. The monoisotopic (exact) mass is 738 g/mol. The van der Waals surface area contributed by atoms with Gasteiger partial charge in [0, 0.05) is 27.5 Å². The van der Waals surface area contributed by atoms with E-state index in [0.717, 1.165) is 44.6 Å². The van der Waals surface area contributed by atoms with Crippen LogP contribution in [0.5, 0.6) is 0 Å². The van der Waals surface area contributed by atoms with Crippen molar-refractivity contribution >= 4 is 60.8 Å². The van der Waals surface area contributed by atoms with Crippen LogP contribution in [0.1, 0.15) is 22.3 Å². The molecule has 58 heavy (non-hydrogen) atoms. The molecule has 2 aromatic heterocycles. The number of fused-ring (bicyclic) bond motifs is 15. The van der Waals surface area contributed by atoms with Crippen molar-refractivity contribution in [3.05, 3.63) is 229 Å². The van der Waals surface area contributed by atoms with Gasteiger partial charge in [0.05, 0.1) is 33.2 Å². The number of hydrogen-bond acceptors (Lipinski definition) is 2. The number of anilines is 3. The summed E-state index contributed by atoms with van der Waals surface area (Å²) >= 11 is 0. The van der Waals surface area contributed by atoms with Crippen LogP contribution in [0, 0.1) is 0 Å². The zero-order valence-electron chi connectivity index (χ0n) is 31.4. The Balaban J connectivity index is 1.14. The van der Waals surface area contributed by atoms with Crippen LogP contribution in [0.25, 0.3) is 71.7 Å². The molecule has 9 aromatic carbocycles. The van der Waals surface area contributed by atoms with E-state index in [4.69, 9.17) is 4.42 Å². The van der Waals surface area contributed by atoms with E-state index in [1.54, 1.807) is 0 Å². The molecule has 1 aliphatic heterocycles. The van der Waals surface area contributed by atoms with Crippen LogP contribution in [-0.2, 0) is 5.41 Å². The third-order valence-electron chi connectivity index (χ3n) is 12.8. The molecule has 1 spiro atoms. The summed E-state index contributed by atoms with van der Waals surface area (Å²) in [6, 6.07) is 75.6. The van der Waals surface area contributed by atoms with E-state index in [0.29, 0.717) is 0 Å². The highest BCUT2D eigenvalue weighted by molar-refractivity contribution is 6.15. The number of rotatable bonds is 4. The number of furan rings is 1. The van der Waals surface area contributed by atoms with Gasteiger partial charge in [-0.1, -0.05) is 152 Å². The van der Waals surface area contributed by atoms with E-state index in [-0.39, 0.29) is 0 Å². The Kier molecular flexibility index (Phi) is 6.37. The Bertz CT molecular complexity index is 3480. The van der Waals surface area contributed by atoms with Crippen molar-refractivity contribution in [2.75, 3.05) is 4.90 Å². The summed E-state index contributed by atoms with van der Waals surface area (Å²) in [5.74, 6) is 0. The molecular weight excluding hydrogens is 705 g/mol. The fourth-order valence-corrected chi connectivity index (χ4v) is 10.5. The molecule has 0 amide bonds. The first-order chi connectivity index (χ1) is 28.8. The molecule has 0 fully saturated rings. The molecule has 3 heteroatoms. The van der Waals surface area contributed by atoms with Crippen LogP contribution < -0.4 is 4.90 Å². The zero-order chi connectivity index (χ0) is 38.0. The van der Waals surface area contributed by atoms with Gasteiger partial charge in [0.2, 0.25) is 0 Å². The smallest absolute Gasteiger partial charge is 0.137 e. The summed E-state index contributed by atoms with van der Waals surface area (Å²) in [5.41, 5.74) is 18.3. The second kappa shape index (κ2) is 11.7. The van der Waals surface area contributed by atoms with Gasteiger partial charge in [0.25, 0.3) is 0 Å². The average Bonchev–Trinajstić information content (AvgIpc) is 3.94. The van der Waals surface area contributed by atoms with Crippen LogP contribution in [-0.4, -0.2) is 4.57 Å². The summed E-state index contributed by atoms with van der Waals surface area (Å²) in [5, 5.41) is 4.75. The maximum absolute atomic E-state index is 6.52. The summed E-state index contributed by atoms with van der Waals surface area (Å²) in [6.07, 6.45) is 0. The van der Waals surface area contributed by atoms with Gasteiger partial charge in [-0.2, -0.15) is 0 Å². The molecule has 0 radical (unpaired) electrons. The van der Waals surface area contributed by atoms with Crippen molar-refractivity contribution in [2.45, 2.75) is 5.41 Å². The highest BCUT2D eigenvalue weighted by atomic mass is 16.3. The highest BCUT2D eigenvalue weighted by Gasteiger charge is 2.51. The molecule has 0 saturated heterocycles. The van der Waals surface area contributed by atoms with Gasteiger partial charge in [-0.15, -0.1) is 0 Å². The second-order valence-corrected chi connectivity index (χ2v) is 15.6. The largest absolute Gasteiger partial charge is 0.456 e. The molecular formula is C55H34N2O.